The maximum atomic E-state index is 5.41. The van der Waals surface area contributed by atoms with Gasteiger partial charge in [-0.3, -0.25) is 4.99 Å². The minimum atomic E-state index is -0.259. The Labute approximate surface area is 128 Å². The van der Waals surface area contributed by atoms with Gasteiger partial charge in [0.2, 0.25) is 0 Å². The molecule has 0 fully saturated rings. The molecule has 0 saturated carbocycles. The number of hydrogen-bond acceptors (Lipinski definition) is 3. The van der Waals surface area contributed by atoms with Crippen LogP contribution < -0.4 is 10.6 Å². The molecule has 0 bridgehead atoms. The molecule has 0 amide bonds. The summed E-state index contributed by atoms with van der Waals surface area (Å²) in [5.41, 5.74) is -0.259. The summed E-state index contributed by atoms with van der Waals surface area (Å²) in [4.78, 5) is 4.61. The number of methoxy groups -OCH3 is 1. The van der Waals surface area contributed by atoms with Gasteiger partial charge < -0.3 is 19.8 Å². The maximum Gasteiger partial charge on any atom is 0.191 e. The summed E-state index contributed by atoms with van der Waals surface area (Å²) in [6, 6.07) is 4.27. The van der Waals surface area contributed by atoms with Gasteiger partial charge in [-0.25, -0.2) is 0 Å². The van der Waals surface area contributed by atoms with Gasteiger partial charge >= 0.3 is 0 Å². The van der Waals surface area contributed by atoms with Gasteiger partial charge in [0.1, 0.15) is 5.76 Å². The second kappa shape index (κ2) is 8.72. The first kappa shape index (κ1) is 17.6. The first-order valence-electron chi connectivity index (χ1n) is 7.59. The lowest BCUT2D eigenvalue weighted by Crippen LogP contribution is -2.43. The first-order chi connectivity index (χ1) is 9.96. The molecular formula is C16H29N3O2. The fourth-order valence-corrected chi connectivity index (χ4v) is 1.58. The van der Waals surface area contributed by atoms with E-state index in [9.17, 15) is 0 Å². The van der Waals surface area contributed by atoms with Gasteiger partial charge in [-0.2, -0.15) is 0 Å². The molecule has 1 heterocycles. The number of nitrogens with zero attached hydrogens (tertiary/aromatic N) is 1. The Morgan fingerprint density at radius 1 is 1.48 bits per heavy atom. The molecule has 0 saturated heterocycles. The van der Waals surface area contributed by atoms with E-state index in [1.54, 1.807) is 13.4 Å². The molecule has 5 nitrogen and oxygen atoms in total. The molecule has 0 aliphatic rings. The van der Waals surface area contributed by atoms with E-state index in [4.69, 9.17) is 9.15 Å². The van der Waals surface area contributed by atoms with E-state index < -0.39 is 0 Å². The third-order valence-corrected chi connectivity index (χ3v) is 3.41. The Morgan fingerprint density at radius 2 is 2.24 bits per heavy atom. The van der Waals surface area contributed by atoms with Crippen LogP contribution >= 0.6 is 0 Å². The van der Waals surface area contributed by atoms with Crippen molar-refractivity contribution in [2.45, 2.75) is 52.2 Å². The van der Waals surface area contributed by atoms with Crippen LogP contribution in [0.15, 0.2) is 27.8 Å². The van der Waals surface area contributed by atoms with E-state index in [0.29, 0.717) is 12.6 Å². The van der Waals surface area contributed by atoms with Gasteiger partial charge in [0.05, 0.1) is 18.4 Å². The number of aliphatic imine (C=N–C) groups is 1. The summed E-state index contributed by atoms with van der Waals surface area (Å²) in [6.07, 6.45) is 3.58. The number of furan rings is 1. The van der Waals surface area contributed by atoms with Crippen molar-refractivity contribution in [2.24, 2.45) is 4.99 Å². The number of hydrogen-bond donors (Lipinski definition) is 2. The quantitative estimate of drug-likeness (QED) is 0.572. The molecule has 0 aliphatic heterocycles. The maximum absolute atomic E-state index is 5.41. The zero-order valence-electron chi connectivity index (χ0n) is 13.9. The summed E-state index contributed by atoms with van der Waals surface area (Å²) in [6.45, 7) is 9.74. The molecule has 5 heteroatoms. The molecule has 1 atom stereocenters. The van der Waals surface area contributed by atoms with Crippen molar-refractivity contribution in [1.82, 2.24) is 10.6 Å². The highest BCUT2D eigenvalue weighted by Crippen LogP contribution is 2.07. The number of rotatable bonds is 8. The Kier molecular flexibility index (Phi) is 7.29. The summed E-state index contributed by atoms with van der Waals surface area (Å²) < 4.78 is 10.7. The summed E-state index contributed by atoms with van der Waals surface area (Å²) >= 11 is 0. The molecule has 21 heavy (non-hydrogen) atoms. The highest BCUT2D eigenvalue weighted by Gasteiger charge is 2.16. The van der Waals surface area contributed by atoms with Crippen molar-refractivity contribution in [2.75, 3.05) is 20.2 Å². The van der Waals surface area contributed by atoms with Crippen LogP contribution in [0.4, 0.5) is 0 Å². The van der Waals surface area contributed by atoms with Gasteiger partial charge in [-0.05, 0) is 39.3 Å². The number of ether oxygens (including phenoxy) is 1. The molecule has 0 spiro atoms. The van der Waals surface area contributed by atoms with Gasteiger partial charge in [0.25, 0.3) is 0 Å². The Bertz CT molecular complexity index is 413. The van der Waals surface area contributed by atoms with Crippen LogP contribution in [0.1, 0.15) is 39.9 Å². The zero-order chi connectivity index (χ0) is 15.7. The molecule has 1 aromatic heterocycles. The van der Waals surface area contributed by atoms with Crippen LogP contribution in [0.25, 0.3) is 0 Å². The van der Waals surface area contributed by atoms with Crippen molar-refractivity contribution in [3.05, 3.63) is 24.2 Å². The number of guanidine groups is 1. The van der Waals surface area contributed by atoms with Crippen LogP contribution in [-0.2, 0) is 11.2 Å². The molecule has 1 rings (SSSR count). The lowest BCUT2D eigenvalue weighted by atomic mass is 10.1. The van der Waals surface area contributed by atoms with E-state index in [2.05, 4.69) is 29.5 Å². The second-order valence-electron chi connectivity index (χ2n) is 5.84. The summed E-state index contributed by atoms with van der Waals surface area (Å²) in [7, 11) is 1.71. The largest absolute Gasteiger partial charge is 0.469 e. The lowest BCUT2D eigenvalue weighted by Gasteiger charge is -2.22. The third-order valence-electron chi connectivity index (χ3n) is 3.41. The van der Waals surface area contributed by atoms with Crippen LogP contribution in [-0.4, -0.2) is 37.8 Å². The molecular weight excluding hydrogens is 266 g/mol. The monoisotopic (exact) mass is 295 g/mol. The molecule has 0 aliphatic carbocycles. The summed E-state index contributed by atoms with van der Waals surface area (Å²) in [5, 5.41) is 6.74. The van der Waals surface area contributed by atoms with E-state index in [1.807, 2.05) is 26.0 Å². The van der Waals surface area contributed by atoms with Gasteiger partial charge in [0.15, 0.2) is 5.96 Å². The Morgan fingerprint density at radius 3 is 2.81 bits per heavy atom. The molecule has 0 aromatic carbocycles. The smallest absolute Gasteiger partial charge is 0.191 e. The van der Waals surface area contributed by atoms with Gasteiger partial charge in [0, 0.05) is 26.1 Å². The van der Waals surface area contributed by atoms with E-state index in [1.165, 1.54) is 0 Å². The third kappa shape index (κ3) is 7.18. The van der Waals surface area contributed by atoms with Crippen molar-refractivity contribution in [3.8, 4) is 0 Å². The lowest BCUT2D eigenvalue weighted by molar-refractivity contribution is 0.0310. The first-order valence-corrected chi connectivity index (χ1v) is 7.59. The highest BCUT2D eigenvalue weighted by atomic mass is 16.5. The standard InChI is InChI=1S/C16H29N3O2/c1-6-13(2)19-15(18-12-16(3,4)20-5)17-10-9-14-8-7-11-21-14/h7-8,11,13H,6,9-10,12H2,1-5H3,(H2,17,18,19). The van der Waals surface area contributed by atoms with Crippen LogP contribution in [0.2, 0.25) is 0 Å². The summed E-state index contributed by atoms with van der Waals surface area (Å²) in [5.74, 6) is 1.80. The average molecular weight is 295 g/mol. The Balaban J connectivity index is 2.52. The predicted octanol–water partition coefficient (Wildman–Crippen LogP) is 2.58. The minimum Gasteiger partial charge on any atom is -0.469 e. The molecule has 1 unspecified atom stereocenters. The predicted molar refractivity (Wildman–Crippen MR) is 86.7 cm³/mol. The SMILES string of the molecule is CCC(C)NC(=NCC(C)(C)OC)NCCc1ccco1. The minimum absolute atomic E-state index is 0.259. The van der Waals surface area contributed by atoms with Crippen LogP contribution in [0.5, 0.6) is 0 Å². The fraction of sp³-hybridized carbons (Fsp3) is 0.688. The van der Waals surface area contributed by atoms with Crippen molar-refractivity contribution >= 4 is 5.96 Å². The van der Waals surface area contributed by atoms with Crippen LogP contribution in [0, 0.1) is 0 Å². The van der Waals surface area contributed by atoms with Crippen molar-refractivity contribution < 1.29 is 9.15 Å². The van der Waals surface area contributed by atoms with E-state index >= 15 is 0 Å². The number of nitrogens with one attached hydrogen (secondary N) is 2. The molecule has 2 N–H and O–H groups in total. The molecule has 0 radical (unpaired) electrons. The molecule has 1 aromatic rings. The van der Waals surface area contributed by atoms with E-state index in [0.717, 1.165) is 31.1 Å². The van der Waals surface area contributed by atoms with E-state index in [-0.39, 0.29) is 5.60 Å². The highest BCUT2D eigenvalue weighted by molar-refractivity contribution is 5.80. The fourth-order valence-electron chi connectivity index (χ4n) is 1.58. The topological polar surface area (TPSA) is 58.8 Å². The Hall–Kier alpha value is -1.49. The zero-order valence-corrected chi connectivity index (χ0v) is 13.9. The normalized spacial score (nSPS) is 14.0. The second-order valence-corrected chi connectivity index (χ2v) is 5.84. The average Bonchev–Trinajstić information content (AvgIpc) is 2.97. The molecule has 120 valence electrons. The van der Waals surface area contributed by atoms with Crippen molar-refractivity contribution in [1.29, 1.82) is 0 Å². The van der Waals surface area contributed by atoms with Crippen LogP contribution in [0.3, 0.4) is 0 Å². The van der Waals surface area contributed by atoms with Gasteiger partial charge in [-0.1, -0.05) is 6.92 Å². The van der Waals surface area contributed by atoms with Gasteiger partial charge in [-0.15, -0.1) is 0 Å². The van der Waals surface area contributed by atoms with Crippen molar-refractivity contribution in [3.63, 3.8) is 0 Å².